The SMILES string of the molecule is CCC(C(=O)O)n1cc(-c2ccc([N+](=O)[O-])cc2)nc1SCc1ccccc1. The van der Waals surface area contributed by atoms with Gasteiger partial charge in [-0.1, -0.05) is 49.0 Å². The van der Waals surface area contributed by atoms with Gasteiger partial charge in [0.2, 0.25) is 0 Å². The molecule has 0 saturated heterocycles. The molecule has 1 N–H and O–H groups in total. The lowest BCUT2D eigenvalue weighted by Crippen LogP contribution is -2.18. The Morgan fingerprint density at radius 1 is 1.21 bits per heavy atom. The maximum Gasteiger partial charge on any atom is 0.326 e. The van der Waals surface area contributed by atoms with Crippen LogP contribution in [0.25, 0.3) is 11.3 Å². The summed E-state index contributed by atoms with van der Waals surface area (Å²) < 4.78 is 1.67. The minimum absolute atomic E-state index is 0.00108. The number of thioether (sulfide) groups is 1. The number of aromatic nitrogens is 2. The van der Waals surface area contributed by atoms with Crippen LogP contribution in [0.3, 0.4) is 0 Å². The molecule has 0 fully saturated rings. The lowest BCUT2D eigenvalue weighted by molar-refractivity contribution is -0.384. The van der Waals surface area contributed by atoms with Gasteiger partial charge in [-0.05, 0) is 24.1 Å². The highest BCUT2D eigenvalue weighted by Gasteiger charge is 2.22. The number of nitrogens with zero attached hydrogens (tertiary/aromatic N) is 3. The molecule has 3 rings (SSSR count). The lowest BCUT2D eigenvalue weighted by atomic mass is 10.1. The summed E-state index contributed by atoms with van der Waals surface area (Å²) in [5.74, 6) is -0.259. The number of imidazole rings is 1. The molecule has 0 saturated carbocycles. The molecule has 3 aromatic rings. The van der Waals surface area contributed by atoms with Gasteiger partial charge in [-0.3, -0.25) is 10.1 Å². The van der Waals surface area contributed by atoms with Crippen molar-refractivity contribution in [2.45, 2.75) is 30.3 Å². The van der Waals surface area contributed by atoms with Crippen molar-refractivity contribution in [1.29, 1.82) is 0 Å². The van der Waals surface area contributed by atoms with E-state index in [2.05, 4.69) is 4.98 Å². The van der Waals surface area contributed by atoms with E-state index in [1.165, 1.54) is 23.9 Å². The fourth-order valence-electron chi connectivity index (χ4n) is 2.81. The van der Waals surface area contributed by atoms with Crippen molar-refractivity contribution in [2.75, 3.05) is 0 Å². The summed E-state index contributed by atoms with van der Waals surface area (Å²) in [6, 6.07) is 15.2. The van der Waals surface area contributed by atoms with E-state index < -0.39 is 16.9 Å². The average molecular weight is 397 g/mol. The minimum atomic E-state index is -0.920. The van der Waals surface area contributed by atoms with Gasteiger partial charge >= 0.3 is 5.97 Å². The number of rotatable bonds is 8. The molecule has 28 heavy (non-hydrogen) atoms. The second kappa shape index (κ2) is 8.71. The second-order valence-corrected chi connectivity index (χ2v) is 7.10. The highest BCUT2D eigenvalue weighted by Crippen LogP contribution is 2.31. The molecule has 1 heterocycles. The molecule has 7 nitrogen and oxygen atoms in total. The fraction of sp³-hybridized carbons (Fsp3) is 0.200. The van der Waals surface area contributed by atoms with Crippen LogP contribution in [0.5, 0.6) is 0 Å². The summed E-state index contributed by atoms with van der Waals surface area (Å²) in [5, 5.41) is 21.0. The predicted octanol–water partition coefficient (Wildman–Crippen LogP) is 4.79. The van der Waals surface area contributed by atoms with Crippen molar-refractivity contribution >= 4 is 23.4 Å². The normalized spacial score (nSPS) is 11.9. The number of benzene rings is 2. The molecule has 0 bridgehead atoms. The van der Waals surface area contributed by atoms with Gasteiger partial charge in [-0.25, -0.2) is 9.78 Å². The van der Waals surface area contributed by atoms with Crippen LogP contribution in [-0.2, 0) is 10.5 Å². The van der Waals surface area contributed by atoms with E-state index >= 15 is 0 Å². The van der Waals surface area contributed by atoms with Crippen LogP contribution in [0.4, 0.5) is 5.69 Å². The number of nitro groups is 1. The Morgan fingerprint density at radius 3 is 2.46 bits per heavy atom. The summed E-state index contributed by atoms with van der Waals surface area (Å²) in [6.45, 7) is 1.82. The van der Waals surface area contributed by atoms with Crippen LogP contribution in [0.2, 0.25) is 0 Å². The molecule has 0 spiro atoms. The van der Waals surface area contributed by atoms with E-state index in [-0.39, 0.29) is 5.69 Å². The summed E-state index contributed by atoms with van der Waals surface area (Å²) >= 11 is 1.47. The molecule has 144 valence electrons. The van der Waals surface area contributed by atoms with Crippen LogP contribution in [0, 0.1) is 10.1 Å². The smallest absolute Gasteiger partial charge is 0.326 e. The first-order chi connectivity index (χ1) is 13.5. The largest absolute Gasteiger partial charge is 0.480 e. The number of hydrogen-bond acceptors (Lipinski definition) is 5. The van der Waals surface area contributed by atoms with Gasteiger partial charge in [0.1, 0.15) is 6.04 Å². The molecule has 2 aromatic carbocycles. The molecule has 1 atom stereocenters. The number of non-ortho nitro benzene ring substituents is 1. The third kappa shape index (κ3) is 4.40. The standard InChI is InChI=1S/C20H19N3O4S/c1-2-18(19(24)25)22-12-17(15-8-10-16(11-9-15)23(26)27)21-20(22)28-13-14-6-4-3-5-7-14/h3-12,18H,2,13H2,1H3,(H,24,25). The summed E-state index contributed by atoms with van der Waals surface area (Å²) in [7, 11) is 0. The van der Waals surface area contributed by atoms with E-state index in [9.17, 15) is 20.0 Å². The molecular weight excluding hydrogens is 378 g/mol. The van der Waals surface area contributed by atoms with E-state index in [1.54, 1.807) is 22.9 Å². The third-order valence-electron chi connectivity index (χ3n) is 4.29. The second-order valence-electron chi connectivity index (χ2n) is 6.16. The quantitative estimate of drug-likeness (QED) is 0.333. The first-order valence-corrected chi connectivity index (χ1v) is 9.71. The van der Waals surface area contributed by atoms with Crippen LogP contribution in [0.15, 0.2) is 66.0 Å². The fourth-order valence-corrected chi connectivity index (χ4v) is 3.79. The molecule has 1 aromatic heterocycles. The predicted molar refractivity (Wildman–Crippen MR) is 107 cm³/mol. The zero-order valence-electron chi connectivity index (χ0n) is 15.2. The van der Waals surface area contributed by atoms with Crippen LogP contribution in [-0.4, -0.2) is 25.6 Å². The molecule has 1 unspecified atom stereocenters. The molecule has 8 heteroatoms. The Bertz CT molecular complexity index is 971. The van der Waals surface area contributed by atoms with Crippen molar-refractivity contribution in [2.24, 2.45) is 0 Å². The molecular formula is C20H19N3O4S. The Labute approximate surface area is 166 Å². The monoisotopic (exact) mass is 397 g/mol. The van der Waals surface area contributed by atoms with Gasteiger partial charge < -0.3 is 9.67 Å². The van der Waals surface area contributed by atoms with Gasteiger partial charge in [0.15, 0.2) is 5.16 Å². The first kappa shape index (κ1) is 19.6. The van der Waals surface area contributed by atoms with Crippen molar-refractivity contribution in [3.63, 3.8) is 0 Å². The number of carboxylic acids is 1. The van der Waals surface area contributed by atoms with Gasteiger partial charge in [0.25, 0.3) is 5.69 Å². The number of carbonyl (C=O) groups is 1. The average Bonchev–Trinajstić information content (AvgIpc) is 3.11. The van der Waals surface area contributed by atoms with Crippen molar-refractivity contribution < 1.29 is 14.8 Å². The highest BCUT2D eigenvalue weighted by molar-refractivity contribution is 7.98. The van der Waals surface area contributed by atoms with Crippen LogP contribution < -0.4 is 0 Å². The van der Waals surface area contributed by atoms with E-state index in [0.29, 0.717) is 28.6 Å². The number of nitro benzene ring substituents is 1. The van der Waals surface area contributed by atoms with E-state index in [1.807, 2.05) is 37.3 Å². The van der Waals surface area contributed by atoms with Crippen molar-refractivity contribution in [3.05, 3.63) is 76.5 Å². The Balaban J connectivity index is 1.94. The number of carboxylic acid groups (broad SMARTS) is 1. The Morgan fingerprint density at radius 2 is 1.89 bits per heavy atom. The summed E-state index contributed by atoms with van der Waals surface area (Å²) in [5.41, 5.74) is 2.40. The summed E-state index contributed by atoms with van der Waals surface area (Å²) in [6.07, 6.45) is 2.13. The molecule has 0 aliphatic rings. The lowest BCUT2D eigenvalue weighted by Gasteiger charge is -2.14. The molecule has 0 amide bonds. The van der Waals surface area contributed by atoms with Gasteiger partial charge in [0, 0.05) is 29.6 Å². The maximum atomic E-state index is 11.7. The van der Waals surface area contributed by atoms with E-state index in [0.717, 1.165) is 5.56 Å². The topological polar surface area (TPSA) is 98.3 Å². The van der Waals surface area contributed by atoms with E-state index in [4.69, 9.17) is 0 Å². The maximum absolute atomic E-state index is 11.7. The Kier molecular flexibility index (Phi) is 6.10. The zero-order chi connectivity index (χ0) is 20.1. The van der Waals surface area contributed by atoms with Crippen LogP contribution >= 0.6 is 11.8 Å². The van der Waals surface area contributed by atoms with Crippen molar-refractivity contribution in [1.82, 2.24) is 9.55 Å². The van der Waals surface area contributed by atoms with Gasteiger partial charge in [-0.15, -0.1) is 0 Å². The molecule has 0 aliphatic heterocycles. The number of hydrogen-bond donors (Lipinski definition) is 1. The third-order valence-corrected chi connectivity index (χ3v) is 5.33. The Hall–Kier alpha value is -3.13. The summed E-state index contributed by atoms with van der Waals surface area (Å²) in [4.78, 5) is 26.7. The minimum Gasteiger partial charge on any atom is -0.480 e. The van der Waals surface area contributed by atoms with Crippen LogP contribution in [0.1, 0.15) is 24.9 Å². The van der Waals surface area contributed by atoms with Crippen molar-refractivity contribution in [3.8, 4) is 11.3 Å². The van der Waals surface area contributed by atoms with Gasteiger partial charge in [0.05, 0.1) is 10.6 Å². The van der Waals surface area contributed by atoms with Gasteiger partial charge in [-0.2, -0.15) is 0 Å². The number of aliphatic carboxylic acids is 1. The molecule has 0 aliphatic carbocycles. The first-order valence-electron chi connectivity index (χ1n) is 8.72. The highest BCUT2D eigenvalue weighted by atomic mass is 32.2. The zero-order valence-corrected chi connectivity index (χ0v) is 16.0. The molecule has 0 radical (unpaired) electrons.